The van der Waals surface area contributed by atoms with Crippen molar-refractivity contribution in [3.05, 3.63) is 54.2 Å². The maximum atomic E-state index is 14.8. The van der Waals surface area contributed by atoms with Crippen molar-refractivity contribution in [3.8, 4) is 11.3 Å². The number of piperidine rings is 1. The molecule has 3 saturated heterocycles. The number of nitrogens with one attached hydrogen (secondary N) is 2. The Morgan fingerprint density at radius 3 is 2.35 bits per heavy atom. The van der Waals surface area contributed by atoms with Crippen LogP contribution in [0.3, 0.4) is 0 Å². The number of primary amides is 1. The molecule has 0 atom stereocenters. The minimum absolute atomic E-state index is 0.0682. The molecule has 5 heterocycles. The second-order valence-corrected chi connectivity index (χ2v) is 11.6. The number of carbonyl (C=O) groups is 1. The van der Waals surface area contributed by atoms with Crippen LogP contribution in [0.5, 0.6) is 0 Å². The van der Waals surface area contributed by atoms with Crippen molar-refractivity contribution in [2.75, 3.05) is 75.1 Å². The number of ether oxygens (including phenoxy) is 1. The number of aromatic nitrogens is 3. The van der Waals surface area contributed by atoms with Crippen LogP contribution in [0, 0.1) is 5.82 Å². The van der Waals surface area contributed by atoms with Crippen LogP contribution in [-0.2, 0) is 4.74 Å². The number of amides is 1. The summed E-state index contributed by atoms with van der Waals surface area (Å²) in [7, 11) is 2.20. The molecule has 12 heteroatoms. The lowest BCUT2D eigenvalue weighted by atomic mass is 10.0. The predicted octanol–water partition coefficient (Wildman–Crippen LogP) is 3.33. The van der Waals surface area contributed by atoms with E-state index in [-0.39, 0.29) is 28.8 Å². The summed E-state index contributed by atoms with van der Waals surface area (Å²) in [5.41, 5.74) is 7.97. The zero-order valence-corrected chi connectivity index (χ0v) is 24.6. The third kappa shape index (κ3) is 6.87. The molecule has 0 spiro atoms. The standard InChI is InChI=1S/C31H40FN9O2/c1-39-14-16-41(17-15-39)24-7-12-40(13-8-24)23-4-2-21(3-5-23)35-31-28(29(33)42)37-27(25-6-11-34-20-26(25)32)30(38-31)36-22-9-18-43-19-10-22/h2-6,11,20,22,24H,7-10,12-19H2,1H3,(H2,33,42)(H2,35,36,38). The van der Waals surface area contributed by atoms with Crippen LogP contribution in [0.2, 0.25) is 0 Å². The van der Waals surface area contributed by atoms with E-state index < -0.39 is 11.7 Å². The minimum Gasteiger partial charge on any atom is -0.381 e. The Kier molecular flexibility index (Phi) is 8.96. The second kappa shape index (κ2) is 13.2. The summed E-state index contributed by atoms with van der Waals surface area (Å²) in [4.78, 5) is 33.1. The van der Waals surface area contributed by atoms with Crippen molar-refractivity contribution in [1.29, 1.82) is 0 Å². The van der Waals surface area contributed by atoms with E-state index in [4.69, 9.17) is 15.5 Å². The van der Waals surface area contributed by atoms with E-state index in [9.17, 15) is 9.18 Å². The summed E-state index contributed by atoms with van der Waals surface area (Å²) >= 11 is 0. The molecule has 0 bridgehead atoms. The van der Waals surface area contributed by atoms with Crippen molar-refractivity contribution in [2.24, 2.45) is 5.73 Å². The molecule has 3 aliphatic rings. The van der Waals surface area contributed by atoms with E-state index in [0.29, 0.717) is 25.1 Å². The van der Waals surface area contributed by atoms with Gasteiger partial charge in [-0.05, 0) is 63.1 Å². The Bertz CT molecular complexity index is 1400. The van der Waals surface area contributed by atoms with E-state index in [1.54, 1.807) is 0 Å². The Labute approximate surface area is 251 Å². The van der Waals surface area contributed by atoms with Crippen LogP contribution in [0.25, 0.3) is 11.3 Å². The van der Waals surface area contributed by atoms with E-state index in [0.717, 1.165) is 82.5 Å². The number of benzene rings is 1. The topological polar surface area (TPSA) is 125 Å². The van der Waals surface area contributed by atoms with Crippen molar-refractivity contribution in [2.45, 2.75) is 37.8 Å². The van der Waals surface area contributed by atoms with Crippen LogP contribution in [0.4, 0.5) is 27.4 Å². The van der Waals surface area contributed by atoms with Gasteiger partial charge in [0.2, 0.25) is 0 Å². The van der Waals surface area contributed by atoms with Gasteiger partial charge in [-0.1, -0.05) is 0 Å². The Morgan fingerprint density at radius 2 is 1.67 bits per heavy atom. The second-order valence-electron chi connectivity index (χ2n) is 11.6. The van der Waals surface area contributed by atoms with Crippen molar-refractivity contribution in [3.63, 3.8) is 0 Å². The first-order valence-electron chi connectivity index (χ1n) is 15.2. The van der Waals surface area contributed by atoms with E-state index in [1.807, 2.05) is 12.1 Å². The Hall–Kier alpha value is -3.87. The largest absolute Gasteiger partial charge is 0.381 e. The van der Waals surface area contributed by atoms with Gasteiger partial charge in [-0.25, -0.2) is 14.4 Å². The molecule has 0 unspecified atom stereocenters. The van der Waals surface area contributed by atoms with E-state index >= 15 is 0 Å². The Morgan fingerprint density at radius 1 is 0.953 bits per heavy atom. The number of pyridine rings is 1. The predicted molar refractivity (Wildman–Crippen MR) is 165 cm³/mol. The average Bonchev–Trinajstić information content (AvgIpc) is 3.03. The minimum atomic E-state index is -0.761. The number of nitrogens with two attached hydrogens (primary N) is 1. The molecule has 11 nitrogen and oxygen atoms in total. The number of nitrogens with zero attached hydrogens (tertiary/aromatic N) is 6. The van der Waals surface area contributed by atoms with Gasteiger partial charge >= 0.3 is 0 Å². The highest BCUT2D eigenvalue weighted by molar-refractivity contribution is 5.97. The number of halogens is 1. The number of carbonyl (C=O) groups excluding carboxylic acids is 1. The molecule has 1 amide bonds. The molecular formula is C31H40FN9O2. The fraction of sp³-hybridized carbons (Fsp3) is 0.484. The molecule has 3 fully saturated rings. The normalized spacial score (nSPS) is 19.3. The fourth-order valence-corrected chi connectivity index (χ4v) is 6.15. The highest BCUT2D eigenvalue weighted by Crippen LogP contribution is 2.32. The van der Waals surface area contributed by atoms with Crippen molar-refractivity contribution < 1.29 is 13.9 Å². The van der Waals surface area contributed by atoms with Crippen LogP contribution < -0.4 is 21.3 Å². The van der Waals surface area contributed by atoms with Crippen LogP contribution >= 0.6 is 0 Å². The van der Waals surface area contributed by atoms with Crippen LogP contribution in [0.1, 0.15) is 36.2 Å². The lowest BCUT2D eigenvalue weighted by Crippen LogP contribution is -2.52. The van der Waals surface area contributed by atoms with Gasteiger partial charge in [-0.2, -0.15) is 0 Å². The molecule has 228 valence electrons. The van der Waals surface area contributed by atoms with E-state index in [2.05, 4.69) is 54.5 Å². The lowest BCUT2D eigenvalue weighted by molar-refractivity contribution is 0.0904. The Balaban J connectivity index is 1.20. The average molecular weight is 590 g/mol. The van der Waals surface area contributed by atoms with Gasteiger partial charge in [0.1, 0.15) is 5.69 Å². The molecule has 3 aromatic rings. The first-order chi connectivity index (χ1) is 20.9. The molecule has 3 aliphatic heterocycles. The molecule has 4 N–H and O–H groups in total. The molecule has 0 saturated carbocycles. The van der Waals surface area contributed by atoms with Crippen molar-refractivity contribution in [1.82, 2.24) is 24.8 Å². The zero-order valence-electron chi connectivity index (χ0n) is 24.6. The van der Waals surface area contributed by atoms with Gasteiger partial charge in [0, 0.05) is 87.7 Å². The van der Waals surface area contributed by atoms with Gasteiger partial charge in [-0.15, -0.1) is 0 Å². The van der Waals surface area contributed by atoms with Gasteiger partial charge in [0.05, 0.1) is 6.20 Å². The van der Waals surface area contributed by atoms with Crippen LogP contribution in [-0.4, -0.2) is 102 Å². The van der Waals surface area contributed by atoms with E-state index in [1.165, 1.54) is 12.3 Å². The number of piperazine rings is 1. The van der Waals surface area contributed by atoms with Crippen molar-refractivity contribution >= 4 is 28.9 Å². The summed E-state index contributed by atoms with van der Waals surface area (Å²) in [6.07, 6.45) is 6.46. The third-order valence-electron chi connectivity index (χ3n) is 8.73. The zero-order chi connectivity index (χ0) is 29.8. The number of hydrogen-bond donors (Lipinski definition) is 3. The van der Waals surface area contributed by atoms with Gasteiger partial charge in [-0.3, -0.25) is 14.7 Å². The van der Waals surface area contributed by atoms with Crippen LogP contribution in [0.15, 0.2) is 42.7 Å². The molecule has 43 heavy (non-hydrogen) atoms. The van der Waals surface area contributed by atoms with Gasteiger partial charge in [0.25, 0.3) is 5.91 Å². The number of hydrogen-bond acceptors (Lipinski definition) is 10. The smallest absolute Gasteiger partial charge is 0.271 e. The first kappa shape index (κ1) is 29.2. The summed E-state index contributed by atoms with van der Waals surface area (Å²) in [5.74, 6) is -0.750. The summed E-state index contributed by atoms with van der Waals surface area (Å²) in [6.45, 7) is 7.89. The monoisotopic (exact) mass is 589 g/mol. The fourth-order valence-electron chi connectivity index (χ4n) is 6.15. The maximum Gasteiger partial charge on any atom is 0.271 e. The highest BCUT2D eigenvalue weighted by atomic mass is 19.1. The summed E-state index contributed by atoms with van der Waals surface area (Å²) < 4.78 is 20.3. The number of likely N-dealkylation sites (N-methyl/N-ethyl adjacent to an activating group) is 1. The molecule has 0 aliphatic carbocycles. The number of rotatable bonds is 8. The summed E-state index contributed by atoms with van der Waals surface area (Å²) in [6, 6.07) is 10.3. The lowest BCUT2D eigenvalue weighted by Gasteiger charge is -2.42. The molecule has 0 radical (unpaired) electrons. The molecule has 1 aromatic carbocycles. The number of anilines is 4. The maximum absolute atomic E-state index is 14.8. The quantitative estimate of drug-likeness (QED) is 0.360. The molecular weight excluding hydrogens is 549 g/mol. The third-order valence-corrected chi connectivity index (χ3v) is 8.73. The SMILES string of the molecule is CN1CCN(C2CCN(c3ccc(Nc4nc(NC5CCOCC5)c(-c5ccncc5F)nc4C(N)=O)cc3)CC2)CC1. The molecule has 6 rings (SSSR count). The molecule has 2 aromatic heterocycles. The summed E-state index contributed by atoms with van der Waals surface area (Å²) in [5, 5.41) is 6.64. The van der Waals surface area contributed by atoms with Gasteiger partial charge in [0.15, 0.2) is 23.1 Å². The van der Waals surface area contributed by atoms with Gasteiger partial charge < -0.3 is 30.9 Å². The first-order valence-corrected chi connectivity index (χ1v) is 15.2. The highest BCUT2D eigenvalue weighted by Gasteiger charge is 2.27.